The van der Waals surface area contributed by atoms with Crippen LogP contribution in [0.4, 0.5) is 0 Å². The van der Waals surface area contributed by atoms with Crippen molar-refractivity contribution < 1.29 is 23.8 Å². The first-order valence-electron chi connectivity index (χ1n) is 8.41. The monoisotopic (exact) mass is 355 g/mol. The van der Waals surface area contributed by atoms with E-state index in [1.165, 1.54) is 14.0 Å². The van der Waals surface area contributed by atoms with Crippen molar-refractivity contribution in [3.05, 3.63) is 53.6 Å². The molecular weight excluding hydrogens is 334 g/mol. The molecule has 0 fully saturated rings. The first kappa shape index (κ1) is 17.8. The van der Waals surface area contributed by atoms with Crippen LogP contribution in [0.25, 0.3) is 0 Å². The van der Waals surface area contributed by atoms with Gasteiger partial charge >= 0.3 is 0 Å². The lowest BCUT2D eigenvalue weighted by Gasteiger charge is -2.26. The number of Topliss-reactive ketones (excluding diaryl/α,β-unsaturated/α-hetero) is 1. The fourth-order valence-corrected chi connectivity index (χ4v) is 2.88. The highest BCUT2D eigenvalue weighted by Gasteiger charge is 2.22. The molecule has 2 aromatic carbocycles. The van der Waals surface area contributed by atoms with Gasteiger partial charge in [0.05, 0.1) is 19.8 Å². The summed E-state index contributed by atoms with van der Waals surface area (Å²) in [5.74, 6) is 1.34. The van der Waals surface area contributed by atoms with Gasteiger partial charge in [0.25, 0.3) is 5.91 Å². The molecule has 0 aromatic heterocycles. The standard InChI is InChI=1S/C20H21NO5/c1-13(22)14-7-8-18(19(11-14)24-2)26-12-20(23)21-16-9-10-25-17-6-4-3-5-15(16)17/h3-8,11,16H,9-10,12H2,1-2H3,(H,21,23). The Kier molecular flexibility index (Phi) is 5.41. The molecule has 0 bridgehead atoms. The third-order valence-electron chi connectivity index (χ3n) is 4.22. The van der Waals surface area contributed by atoms with Crippen LogP contribution in [0, 0.1) is 0 Å². The van der Waals surface area contributed by atoms with E-state index in [2.05, 4.69) is 5.32 Å². The Balaban J connectivity index is 1.62. The van der Waals surface area contributed by atoms with Crippen LogP contribution in [0.1, 0.15) is 35.3 Å². The number of methoxy groups -OCH3 is 1. The Morgan fingerprint density at radius 1 is 1.19 bits per heavy atom. The average Bonchev–Trinajstić information content (AvgIpc) is 2.66. The Labute approximate surface area is 152 Å². The average molecular weight is 355 g/mol. The quantitative estimate of drug-likeness (QED) is 0.807. The molecule has 0 aliphatic carbocycles. The lowest BCUT2D eigenvalue weighted by Crippen LogP contribution is -2.35. The molecule has 1 heterocycles. The van der Waals surface area contributed by atoms with Gasteiger partial charge in [0.1, 0.15) is 5.75 Å². The third kappa shape index (κ3) is 3.96. The molecule has 26 heavy (non-hydrogen) atoms. The lowest BCUT2D eigenvalue weighted by molar-refractivity contribution is -0.124. The smallest absolute Gasteiger partial charge is 0.258 e. The fraction of sp³-hybridized carbons (Fsp3) is 0.300. The minimum Gasteiger partial charge on any atom is -0.493 e. The molecule has 6 heteroatoms. The lowest BCUT2D eigenvalue weighted by atomic mass is 10.0. The predicted octanol–water partition coefficient (Wildman–Crippen LogP) is 2.92. The van der Waals surface area contributed by atoms with E-state index in [0.717, 1.165) is 11.3 Å². The van der Waals surface area contributed by atoms with E-state index < -0.39 is 0 Å². The number of para-hydroxylation sites is 1. The molecule has 3 rings (SSSR count). The number of hydrogen-bond acceptors (Lipinski definition) is 5. The molecule has 1 N–H and O–H groups in total. The number of hydrogen-bond donors (Lipinski definition) is 1. The summed E-state index contributed by atoms with van der Waals surface area (Å²) in [7, 11) is 1.49. The first-order valence-corrected chi connectivity index (χ1v) is 8.41. The fourth-order valence-electron chi connectivity index (χ4n) is 2.88. The first-order chi connectivity index (χ1) is 12.6. The van der Waals surface area contributed by atoms with E-state index in [1.807, 2.05) is 24.3 Å². The zero-order valence-corrected chi connectivity index (χ0v) is 14.8. The topological polar surface area (TPSA) is 73.9 Å². The summed E-state index contributed by atoms with van der Waals surface area (Å²) in [6.45, 7) is 1.90. The highest BCUT2D eigenvalue weighted by atomic mass is 16.5. The molecule has 1 amide bonds. The summed E-state index contributed by atoms with van der Waals surface area (Å²) in [6, 6.07) is 12.4. The van der Waals surface area contributed by atoms with Crippen LogP contribution in [0.2, 0.25) is 0 Å². The van der Waals surface area contributed by atoms with Gasteiger partial charge in [-0.2, -0.15) is 0 Å². The van der Waals surface area contributed by atoms with Crippen LogP contribution in [0.15, 0.2) is 42.5 Å². The summed E-state index contributed by atoms with van der Waals surface area (Å²) in [4.78, 5) is 23.7. The van der Waals surface area contributed by atoms with Crippen LogP contribution < -0.4 is 19.5 Å². The number of ketones is 1. The van der Waals surface area contributed by atoms with Crippen LogP contribution >= 0.6 is 0 Å². The second-order valence-electron chi connectivity index (χ2n) is 6.01. The van der Waals surface area contributed by atoms with Gasteiger partial charge in [-0.1, -0.05) is 18.2 Å². The molecule has 1 atom stereocenters. The van der Waals surface area contributed by atoms with Crippen LogP contribution in [-0.2, 0) is 4.79 Å². The zero-order chi connectivity index (χ0) is 18.5. The molecular formula is C20H21NO5. The summed E-state index contributed by atoms with van der Waals surface area (Å²) < 4.78 is 16.4. The van der Waals surface area contributed by atoms with Crippen molar-refractivity contribution in [1.82, 2.24) is 5.32 Å². The number of carbonyl (C=O) groups excluding carboxylic acids is 2. The molecule has 1 unspecified atom stereocenters. The molecule has 136 valence electrons. The number of nitrogens with one attached hydrogen (secondary N) is 1. The summed E-state index contributed by atoms with van der Waals surface area (Å²) >= 11 is 0. The van der Waals surface area contributed by atoms with Gasteiger partial charge in [-0.05, 0) is 31.2 Å². The van der Waals surface area contributed by atoms with Gasteiger partial charge in [-0.15, -0.1) is 0 Å². The van der Waals surface area contributed by atoms with Crippen LogP contribution in [0.5, 0.6) is 17.2 Å². The van der Waals surface area contributed by atoms with Crippen molar-refractivity contribution in [3.63, 3.8) is 0 Å². The van der Waals surface area contributed by atoms with E-state index in [1.54, 1.807) is 18.2 Å². The number of amides is 1. The molecule has 1 aliphatic heterocycles. The maximum absolute atomic E-state index is 12.3. The van der Waals surface area contributed by atoms with Crippen molar-refractivity contribution >= 4 is 11.7 Å². The summed E-state index contributed by atoms with van der Waals surface area (Å²) in [5.41, 5.74) is 1.49. The van der Waals surface area contributed by atoms with Crippen molar-refractivity contribution in [1.29, 1.82) is 0 Å². The maximum atomic E-state index is 12.3. The van der Waals surface area contributed by atoms with E-state index in [9.17, 15) is 9.59 Å². The van der Waals surface area contributed by atoms with Gasteiger partial charge in [0, 0.05) is 17.5 Å². The van der Waals surface area contributed by atoms with E-state index in [4.69, 9.17) is 14.2 Å². The predicted molar refractivity (Wildman–Crippen MR) is 95.9 cm³/mol. The van der Waals surface area contributed by atoms with Gasteiger partial charge in [-0.25, -0.2) is 0 Å². The summed E-state index contributed by atoms with van der Waals surface area (Å²) in [6.07, 6.45) is 0.708. The van der Waals surface area contributed by atoms with E-state index in [0.29, 0.717) is 30.1 Å². The number of benzene rings is 2. The molecule has 1 aliphatic rings. The van der Waals surface area contributed by atoms with Crippen molar-refractivity contribution in [2.24, 2.45) is 0 Å². The van der Waals surface area contributed by atoms with Crippen molar-refractivity contribution in [2.45, 2.75) is 19.4 Å². The van der Waals surface area contributed by atoms with Gasteiger partial charge < -0.3 is 19.5 Å². The van der Waals surface area contributed by atoms with Gasteiger partial charge in [-0.3, -0.25) is 9.59 Å². The number of rotatable bonds is 6. The largest absolute Gasteiger partial charge is 0.493 e. The zero-order valence-electron chi connectivity index (χ0n) is 14.8. The number of ether oxygens (including phenoxy) is 3. The van der Waals surface area contributed by atoms with Crippen molar-refractivity contribution in [3.8, 4) is 17.2 Å². The second-order valence-corrected chi connectivity index (χ2v) is 6.01. The van der Waals surface area contributed by atoms with Crippen LogP contribution in [-0.4, -0.2) is 32.0 Å². The molecule has 6 nitrogen and oxygen atoms in total. The Morgan fingerprint density at radius 2 is 2.00 bits per heavy atom. The number of carbonyl (C=O) groups is 2. The SMILES string of the molecule is COc1cc(C(C)=O)ccc1OCC(=O)NC1CCOc2ccccc21. The second kappa shape index (κ2) is 7.91. The highest BCUT2D eigenvalue weighted by molar-refractivity contribution is 5.94. The number of fused-ring (bicyclic) bond motifs is 1. The maximum Gasteiger partial charge on any atom is 0.258 e. The third-order valence-corrected chi connectivity index (χ3v) is 4.22. The molecule has 2 aromatic rings. The van der Waals surface area contributed by atoms with E-state index >= 15 is 0 Å². The van der Waals surface area contributed by atoms with Crippen LogP contribution in [0.3, 0.4) is 0 Å². The van der Waals surface area contributed by atoms with Gasteiger partial charge in [0.15, 0.2) is 23.9 Å². The highest BCUT2D eigenvalue weighted by Crippen LogP contribution is 2.32. The minimum atomic E-state index is -0.232. The molecule has 0 spiro atoms. The molecule has 0 saturated heterocycles. The minimum absolute atomic E-state index is 0.0641. The normalized spacial score (nSPS) is 15.4. The molecule has 0 radical (unpaired) electrons. The van der Waals surface area contributed by atoms with Crippen molar-refractivity contribution in [2.75, 3.05) is 20.3 Å². The Bertz CT molecular complexity index is 818. The Hall–Kier alpha value is -3.02. The Morgan fingerprint density at radius 3 is 2.77 bits per heavy atom. The molecule has 0 saturated carbocycles. The van der Waals surface area contributed by atoms with Gasteiger partial charge in [0.2, 0.25) is 0 Å². The summed E-state index contributed by atoms with van der Waals surface area (Å²) in [5, 5.41) is 2.97. The van der Waals surface area contributed by atoms with E-state index in [-0.39, 0.29) is 24.3 Å².